The van der Waals surface area contributed by atoms with Crippen molar-refractivity contribution in [1.29, 1.82) is 0 Å². The fraction of sp³-hybridized carbons (Fsp3) is 0.263. The van der Waals surface area contributed by atoms with E-state index in [1.807, 2.05) is 6.07 Å². The van der Waals surface area contributed by atoms with Crippen LogP contribution in [0.15, 0.2) is 53.6 Å². The number of anilines is 1. The lowest BCUT2D eigenvalue weighted by Crippen LogP contribution is -2.43. The molecule has 4 rings (SSSR count). The largest absolute Gasteiger partial charge is 0.368 e. The molecule has 1 aliphatic heterocycles. The molecule has 1 saturated heterocycles. The van der Waals surface area contributed by atoms with Crippen LogP contribution in [0.4, 0.5) is 18.9 Å². The fourth-order valence-electron chi connectivity index (χ4n) is 3.43. The summed E-state index contributed by atoms with van der Waals surface area (Å²) >= 11 is 0. The summed E-state index contributed by atoms with van der Waals surface area (Å²) in [5.41, 5.74) is 0.993. The van der Waals surface area contributed by atoms with Crippen LogP contribution in [0, 0.1) is 5.82 Å². The SMILES string of the molecule is O=S(c1cccc(F)c1)n1cc(C(F)F)c2c(N3CCNCC3)cccc21. The van der Waals surface area contributed by atoms with E-state index in [2.05, 4.69) is 10.2 Å². The van der Waals surface area contributed by atoms with Gasteiger partial charge in [0.25, 0.3) is 6.43 Å². The molecule has 27 heavy (non-hydrogen) atoms. The van der Waals surface area contributed by atoms with Gasteiger partial charge in [-0.05, 0) is 30.3 Å². The van der Waals surface area contributed by atoms with E-state index in [1.165, 1.54) is 28.4 Å². The second kappa shape index (κ2) is 7.36. The predicted octanol–water partition coefficient (Wildman–Crippen LogP) is 3.70. The number of nitrogens with one attached hydrogen (secondary N) is 1. The van der Waals surface area contributed by atoms with E-state index >= 15 is 0 Å². The Balaban J connectivity index is 1.88. The number of fused-ring (bicyclic) bond motifs is 1. The lowest BCUT2D eigenvalue weighted by molar-refractivity contribution is 0.153. The monoisotopic (exact) mass is 393 g/mol. The molecule has 0 aliphatic carbocycles. The van der Waals surface area contributed by atoms with Gasteiger partial charge in [-0.2, -0.15) is 0 Å². The van der Waals surface area contributed by atoms with Crippen molar-refractivity contribution in [2.24, 2.45) is 0 Å². The summed E-state index contributed by atoms with van der Waals surface area (Å²) in [5.74, 6) is -0.520. The molecule has 0 amide bonds. The van der Waals surface area contributed by atoms with Crippen molar-refractivity contribution in [2.45, 2.75) is 11.3 Å². The molecular formula is C19H18F3N3OS. The van der Waals surface area contributed by atoms with Crippen LogP contribution in [0.1, 0.15) is 12.0 Å². The maximum Gasteiger partial charge on any atom is 0.266 e. The molecule has 0 spiro atoms. The number of alkyl halides is 2. The minimum Gasteiger partial charge on any atom is -0.368 e. The normalized spacial score (nSPS) is 16.2. The minimum atomic E-state index is -2.71. The summed E-state index contributed by atoms with van der Waals surface area (Å²) in [6.45, 7) is 2.96. The van der Waals surface area contributed by atoms with Gasteiger partial charge >= 0.3 is 0 Å². The molecule has 2 heterocycles. The van der Waals surface area contributed by atoms with Crippen LogP contribution in [0.25, 0.3) is 10.9 Å². The first-order chi connectivity index (χ1) is 13.1. The molecule has 1 atom stereocenters. The number of halogens is 3. The van der Waals surface area contributed by atoms with Gasteiger partial charge in [0.05, 0.1) is 10.4 Å². The lowest BCUT2D eigenvalue weighted by Gasteiger charge is -2.30. The molecular weight excluding hydrogens is 375 g/mol. The number of rotatable bonds is 4. The van der Waals surface area contributed by atoms with Gasteiger partial charge in [0.1, 0.15) is 5.82 Å². The summed E-state index contributed by atoms with van der Waals surface area (Å²) in [4.78, 5) is 2.28. The highest BCUT2D eigenvalue weighted by atomic mass is 32.2. The van der Waals surface area contributed by atoms with Crippen molar-refractivity contribution in [3.8, 4) is 0 Å². The summed E-state index contributed by atoms with van der Waals surface area (Å²) < 4.78 is 55.4. The highest BCUT2D eigenvalue weighted by Crippen LogP contribution is 2.37. The third-order valence-corrected chi connectivity index (χ3v) is 5.99. The van der Waals surface area contributed by atoms with Crippen LogP contribution in [-0.4, -0.2) is 34.4 Å². The number of piperazine rings is 1. The Labute approximate surface area is 157 Å². The molecule has 0 saturated carbocycles. The molecule has 8 heteroatoms. The summed E-state index contributed by atoms with van der Waals surface area (Å²) in [5, 5.41) is 3.64. The third kappa shape index (κ3) is 3.35. The number of hydrogen-bond acceptors (Lipinski definition) is 3. The molecule has 1 N–H and O–H groups in total. The first-order valence-electron chi connectivity index (χ1n) is 8.62. The molecule has 2 aromatic carbocycles. The van der Waals surface area contributed by atoms with Crippen molar-refractivity contribution in [2.75, 3.05) is 31.1 Å². The molecule has 1 aliphatic rings. The fourth-order valence-corrected chi connectivity index (χ4v) is 4.60. The van der Waals surface area contributed by atoms with Gasteiger partial charge in [0.2, 0.25) is 0 Å². The zero-order chi connectivity index (χ0) is 19.0. The Morgan fingerprint density at radius 2 is 1.81 bits per heavy atom. The predicted molar refractivity (Wildman–Crippen MR) is 100 cm³/mol. The van der Waals surface area contributed by atoms with E-state index in [0.717, 1.165) is 19.2 Å². The summed E-state index contributed by atoms with van der Waals surface area (Å²) in [7, 11) is -1.83. The van der Waals surface area contributed by atoms with Gasteiger partial charge in [0.15, 0.2) is 11.0 Å². The first-order valence-corrected chi connectivity index (χ1v) is 9.72. The van der Waals surface area contributed by atoms with Crippen LogP contribution in [0.3, 0.4) is 0 Å². The molecule has 0 bridgehead atoms. The summed E-state index contributed by atoms with van der Waals surface area (Å²) in [6.07, 6.45) is -1.48. The standard InChI is InChI=1S/C19H18F3N3OS/c20-13-3-1-4-14(11-13)27(26)25-12-15(19(21)22)18-16(5-2-6-17(18)25)24-9-7-23-8-10-24/h1-6,11-12,19,23H,7-10H2. The Morgan fingerprint density at radius 1 is 1.07 bits per heavy atom. The Kier molecular flexibility index (Phi) is 4.92. The molecule has 3 aromatic rings. The van der Waals surface area contributed by atoms with E-state index in [0.29, 0.717) is 29.7 Å². The number of aromatic nitrogens is 1. The minimum absolute atomic E-state index is 0.163. The van der Waals surface area contributed by atoms with Gasteiger partial charge in [-0.3, -0.25) is 3.97 Å². The number of nitrogens with zero attached hydrogens (tertiary/aromatic N) is 2. The molecule has 142 valence electrons. The van der Waals surface area contributed by atoms with Crippen molar-refractivity contribution < 1.29 is 17.4 Å². The first kappa shape index (κ1) is 18.1. The maximum absolute atomic E-state index is 13.8. The summed E-state index contributed by atoms with van der Waals surface area (Å²) in [6, 6.07) is 10.6. The molecule has 1 unspecified atom stereocenters. The van der Waals surface area contributed by atoms with Crippen LogP contribution in [0.2, 0.25) is 0 Å². The van der Waals surface area contributed by atoms with Gasteiger partial charge in [-0.25, -0.2) is 17.4 Å². The quantitative estimate of drug-likeness (QED) is 0.735. The average Bonchev–Trinajstić information content (AvgIpc) is 3.08. The van der Waals surface area contributed by atoms with E-state index < -0.39 is 23.2 Å². The maximum atomic E-state index is 13.8. The van der Waals surface area contributed by atoms with Crippen molar-refractivity contribution in [3.05, 3.63) is 60.0 Å². The lowest BCUT2D eigenvalue weighted by atomic mass is 10.1. The van der Waals surface area contributed by atoms with E-state index in [-0.39, 0.29) is 10.5 Å². The molecule has 4 nitrogen and oxygen atoms in total. The van der Waals surface area contributed by atoms with E-state index in [1.54, 1.807) is 12.1 Å². The van der Waals surface area contributed by atoms with Gasteiger partial charge in [0, 0.05) is 49.0 Å². The highest BCUT2D eigenvalue weighted by Gasteiger charge is 2.24. The van der Waals surface area contributed by atoms with Crippen molar-refractivity contribution in [1.82, 2.24) is 9.29 Å². The van der Waals surface area contributed by atoms with Crippen LogP contribution in [-0.2, 0) is 11.0 Å². The highest BCUT2D eigenvalue weighted by molar-refractivity contribution is 7.83. The molecule has 1 fully saturated rings. The van der Waals surface area contributed by atoms with Gasteiger partial charge in [-0.15, -0.1) is 0 Å². The number of benzene rings is 2. The van der Waals surface area contributed by atoms with Crippen molar-refractivity contribution >= 4 is 27.6 Å². The van der Waals surface area contributed by atoms with Gasteiger partial charge in [-0.1, -0.05) is 12.1 Å². The van der Waals surface area contributed by atoms with E-state index in [9.17, 15) is 17.4 Å². The Morgan fingerprint density at radius 3 is 2.52 bits per heavy atom. The zero-order valence-corrected chi connectivity index (χ0v) is 15.2. The number of hydrogen-bond donors (Lipinski definition) is 1. The van der Waals surface area contributed by atoms with Crippen LogP contribution in [0.5, 0.6) is 0 Å². The molecule has 0 radical (unpaired) electrons. The zero-order valence-electron chi connectivity index (χ0n) is 14.4. The van der Waals surface area contributed by atoms with Gasteiger partial charge < -0.3 is 10.2 Å². The topological polar surface area (TPSA) is 37.3 Å². The molecule has 1 aromatic heterocycles. The van der Waals surface area contributed by atoms with Crippen LogP contribution < -0.4 is 10.2 Å². The second-order valence-corrected chi connectivity index (χ2v) is 7.69. The smallest absolute Gasteiger partial charge is 0.266 e. The third-order valence-electron chi connectivity index (χ3n) is 4.67. The Hall–Kier alpha value is -2.32. The van der Waals surface area contributed by atoms with E-state index in [4.69, 9.17) is 0 Å². The second-order valence-electron chi connectivity index (χ2n) is 6.33. The Bertz CT molecular complexity index is 999. The van der Waals surface area contributed by atoms with Crippen molar-refractivity contribution in [3.63, 3.8) is 0 Å². The van der Waals surface area contributed by atoms with Crippen LogP contribution >= 0.6 is 0 Å². The average molecular weight is 393 g/mol.